The van der Waals surface area contributed by atoms with Crippen molar-refractivity contribution in [2.24, 2.45) is 17.8 Å². The first-order valence-corrected chi connectivity index (χ1v) is 8.15. The van der Waals surface area contributed by atoms with Crippen molar-refractivity contribution in [2.45, 2.75) is 58.4 Å². The number of fused-ring (bicyclic) bond motifs is 2. The van der Waals surface area contributed by atoms with E-state index in [1.807, 2.05) is 0 Å². The molecule has 2 rings (SSSR count). The van der Waals surface area contributed by atoms with E-state index in [1.54, 1.807) is 6.42 Å². The van der Waals surface area contributed by atoms with Crippen molar-refractivity contribution in [3.05, 3.63) is 0 Å². The van der Waals surface area contributed by atoms with Gasteiger partial charge in [-0.2, -0.15) is 0 Å². The molecule has 2 saturated carbocycles. The molecule has 0 radical (unpaired) electrons. The highest BCUT2D eigenvalue weighted by Crippen LogP contribution is 2.48. The smallest absolute Gasteiger partial charge is 0.0217 e. The number of nitrogens with zero attached hydrogens (tertiary/aromatic N) is 1. The average molecular weight is 252 g/mol. The fourth-order valence-corrected chi connectivity index (χ4v) is 4.24. The second-order valence-electron chi connectivity index (χ2n) is 6.62. The van der Waals surface area contributed by atoms with E-state index in [0.29, 0.717) is 0 Å². The molecule has 106 valence electrons. The van der Waals surface area contributed by atoms with Gasteiger partial charge in [-0.3, -0.25) is 0 Å². The van der Waals surface area contributed by atoms with Crippen LogP contribution in [-0.4, -0.2) is 37.6 Å². The Kier molecular flexibility index (Phi) is 5.50. The Morgan fingerprint density at radius 3 is 2.61 bits per heavy atom. The summed E-state index contributed by atoms with van der Waals surface area (Å²) < 4.78 is 0. The third-order valence-electron chi connectivity index (χ3n) is 5.28. The highest BCUT2D eigenvalue weighted by molar-refractivity contribution is 4.91. The molecular formula is C16H32N2. The SMILES string of the molecule is CCCC(CNCC)N(C)CC1CC2CCC1C2. The van der Waals surface area contributed by atoms with Crippen molar-refractivity contribution in [1.29, 1.82) is 0 Å². The van der Waals surface area contributed by atoms with Crippen LogP contribution in [0.15, 0.2) is 0 Å². The molecule has 0 aromatic rings. The first kappa shape index (κ1) is 14.3. The van der Waals surface area contributed by atoms with Crippen molar-refractivity contribution in [3.63, 3.8) is 0 Å². The lowest BCUT2D eigenvalue weighted by Crippen LogP contribution is -2.43. The molecule has 0 amide bonds. The Morgan fingerprint density at radius 1 is 1.22 bits per heavy atom. The molecule has 2 bridgehead atoms. The molecular weight excluding hydrogens is 220 g/mol. The van der Waals surface area contributed by atoms with Gasteiger partial charge in [0, 0.05) is 19.1 Å². The van der Waals surface area contributed by atoms with E-state index in [1.165, 1.54) is 45.2 Å². The van der Waals surface area contributed by atoms with E-state index in [-0.39, 0.29) is 0 Å². The van der Waals surface area contributed by atoms with E-state index in [9.17, 15) is 0 Å². The van der Waals surface area contributed by atoms with Gasteiger partial charge >= 0.3 is 0 Å². The maximum Gasteiger partial charge on any atom is 0.0217 e. The van der Waals surface area contributed by atoms with Gasteiger partial charge < -0.3 is 10.2 Å². The number of hydrogen-bond donors (Lipinski definition) is 1. The van der Waals surface area contributed by atoms with Crippen molar-refractivity contribution in [3.8, 4) is 0 Å². The molecule has 0 aliphatic heterocycles. The molecule has 18 heavy (non-hydrogen) atoms. The molecule has 0 spiro atoms. The van der Waals surface area contributed by atoms with Gasteiger partial charge in [0.25, 0.3) is 0 Å². The van der Waals surface area contributed by atoms with Crippen molar-refractivity contribution >= 4 is 0 Å². The van der Waals surface area contributed by atoms with E-state index >= 15 is 0 Å². The minimum atomic E-state index is 0.745. The molecule has 1 N–H and O–H groups in total. The fourth-order valence-electron chi connectivity index (χ4n) is 4.24. The predicted octanol–water partition coefficient (Wildman–Crippen LogP) is 3.13. The van der Waals surface area contributed by atoms with Gasteiger partial charge in [0.15, 0.2) is 0 Å². The molecule has 4 atom stereocenters. The maximum absolute atomic E-state index is 3.53. The summed E-state index contributed by atoms with van der Waals surface area (Å²) in [6.45, 7) is 8.13. The lowest BCUT2D eigenvalue weighted by Gasteiger charge is -2.33. The Labute approximate surface area is 114 Å². The third kappa shape index (κ3) is 3.48. The maximum atomic E-state index is 3.53. The molecule has 0 aromatic carbocycles. The molecule has 0 aromatic heterocycles. The number of likely N-dealkylation sites (N-methyl/N-ethyl adjacent to an activating group) is 2. The zero-order valence-electron chi connectivity index (χ0n) is 12.6. The quantitative estimate of drug-likeness (QED) is 0.714. The van der Waals surface area contributed by atoms with Crippen molar-refractivity contribution in [1.82, 2.24) is 10.2 Å². The van der Waals surface area contributed by atoms with Gasteiger partial charge in [-0.25, -0.2) is 0 Å². The highest BCUT2D eigenvalue weighted by Gasteiger charge is 2.39. The zero-order valence-corrected chi connectivity index (χ0v) is 12.6. The van der Waals surface area contributed by atoms with E-state index in [2.05, 4.69) is 31.1 Å². The van der Waals surface area contributed by atoms with Crippen molar-refractivity contribution in [2.75, 3.05) is 26.7 Å². The number of hydrogen-bond acceptors (Lipinski definition) is 2. The second-order valence-corrected chi connectivity index (χ2v) is 6.62. The molecule has 0 saturated heterocycles. The van der Waals surface area contributed by atoms with Crippen LogP contribution in [0, 0.1) is 17.8 Å². The molecule has 2 aliphatic rings. The summed E-state index contributed by atoms with van der Waals surface area (Å²) >= 11 is 0. The Hall–Kier alpha value is -0.0800. The number of nitrogens with one attached hydrogen (secondary N) is 1. The predicted molar refractivity (Wildman–Crippen MR) is 78.8 cm³/mol. The van der Waals surface area contributed by atoms with Gasteiger partial charge in [0.05, 0.1) is 0 Å². The Bertz CT molecular complexity index is 241. The van der Waals surface area contributed by atoms with Crippen molar-refractivity contribution < 1.29 is 0 Å². The monoisotopic (exact) mass is 252 g/mol. The Morgan fingerprint density at radius 2 is 2.06 bits per heavy atom. The van der Waals surface area contributed by atoms with Crippen LogP contribution in [0.5, 0.6) is 0 Å². The summed E-state index contributed by atoms with van der Waals surface area (Å²) in [6, 6.07) is 0.745. The van der Waals surface area contributed by atoms with Gasteiger partial charge in [0.1, 0.15) is 0 Å². The molecule has 2 aliphatic carbocycles. The average Bonchev–Trinajstić information content (AvgIpc) is 2.96. The molecule has 4 unspecified atom stereocenters. The van der Waals surface area contributed by atoms with Crippen LogP contribution in [0.4, 0.5) is 0 Å². The summed E-state index contributed by atoms with van der Waals surface area (Å²) in [6.07, 6.45) is 8.76. The zero-order chi connectivity index (χ0) is 13.0. The molecule has 2 nitrogen and oxygen atoms in total. The van der Waals surface area contributed by atoms with Crippen LogP contribution in [0.2, 0.25) is 0 Å². The van der Waals surface area contributed by atoms with Gasteiger partial charge in [-0.05, 0) is 57.0 Å². The van der Waals surface area contributed by atoms with Gasteiger partial charge in [0.2, 0.25) is 0 Å². The summed E-state index contributed by atoms with van der Waals surface area (Å²) in [7, 11) is 2.35. The van der Waals surface area contributed by atoms with Crippen LogP contribution in [-0.2, 0) is 0 Å². The highest BCUT2D eigenvalue weighted by atomic mass is 15.1. The first-order valence-electron chi connectivity index (χ1n) is 8.15. The first-order chi connectivity index (χ1) is 8.74. The minimum Gasteiger partial charge on any atom is -0.315 e. The van der Waals surface area contributed by atoms with Crippen LogP contribution in [0.3, 0.4) is 0 Å². The fraction of sp³-hybridized carbons (Fsp3) is 1.00. The summed E-state index contributed by atoms with van der Waals surface area (Å²) in [4.78, 5) is 2.65. The molecule has 2 fully saturated rings. The van der Waals surface area contributed by atoms with E-state index in [0.717, 1.165) is 30.3 Å². The van der Waals surface area contributed by atoms with Crippen LogP contribution < -0.4 is 5.32 Å². The molecule has 0 heterocycles. The van der Waals surface area contributed by atoms with Crippen LogP contribution >= 0.6 is 0 Å². The normalized spacial score (nSPS) is 32.3. The van der Waals surface area contributed by atoms with Crippen LogP contribution in [0.1, 0.15) is 52.4 Å². The molecule has 2 heteroatoms. The topological polar surface area (TPSA) is 15.3 Å². The largest absolute Gasteiger partial charge is 0.315 e. The number of rotatable bonds is 8. The third-order valence-corrected chi connectivity index (χ3v) is 5.28. The van der Waals surface area contributed by atoms with Crippen LogP contribution in [0.25, 0.3) is 0 Å². The Balaban J connectivity index is 1.78. The van der Waals surface area contributed by atoms with Gasteiger partial charge in [-0.1, -0.05) is 26.7 Å². The second kappa shape index (κ2) is 6.91. The lowest BCUT2D eigenvalue weighted by molar-refractivity contribution is 0.163. The summed E-state index contributed by atoms with van der Waals surface area (Å²) in [5.74, 6) is 3.17. The lowest BCUT2D eigenvalue weighted by atomic mass is 9.88. The standard InChI is InChI=1S/C16H32N2/c1-4-6-16(11-17-5-2)18(3)12-15-10-13-7-8-14(15)9-13/h13-17H,4-12H2,1-3H3. The van der Waals surface area contributed by atoms with Gasteiger partial charge in [-0.15, -0.1) is 0 Å². The minimum absolute atomic E-state index is 0.745. The van der Waals surface area contributed by atoms with E-state index in [4.69, 9.17) is 0 Å². The summed E-state index contributed by atoms with van der Waals surface area (Å²) in [5.41, 5.74) is 0. The van der Waals surface area contributed by atoms with E-state index < -0.39 is 0 Å². The summed E-state index contributed by atoms with van der Waals surface area (Å²) in [5, 5.41) is 3.53.